The molecule has 1 aliphatic rings. The fourth-order valence-corrected chi connectivity index (χ4v) is 4.01. The van der Waals surface area contributed by atoms with Gasteiger partial charge in [-0.05, 0) is 12.1 Å². The van der Waals surface area contributed by atoms with Crippen LogP contribution in [0.4, 0.5) is 0 Å². The van der Waals surface area contributed by atoms with Crippen molar-refractivity contribution >= 4 is 29.9 Å². The number of phosphoric acid groups is 1. The quantitative estimate of drug-likeness (QED) is 0.346. The Balaban J connectivity index is 1.46. The number of fused-ring (bicyclic) bond motifs is 2. The molecule has 4 N–H and O–H groups in total. The maximum atomic E-state index is 10.9. The Bertz CT molecular complexity index is 1230. The van der Waals surface area contributed by atoms with Gasteiger partial charge in [0.25, 0.3) is 0 Å². The summed E-state index contributed by atoms with van der Waals surface area (Å²) in [7, 11) is -4.65. The number of aromatic amines is 1. The van der Waals surface area contributed by atoms with Gasteiger partial charge < -0.3 is 24.6 Å². The van der Waals surface area contributed by atoms with Crippen molar-refractivity contribution < 1.29 is 28.7 Å². The Hall–Kier alpha value is -2.66. The zero-order valence-corrected chi connectivity index (χ0v) is 16.4. The molecule has 0 saturated carbocycles. The number of hydrogen-bond acceptors (Lipinski definition) is 7. The van der Waals surface area contributed by atoms with Gasteiger partial charge in [0.05, 0.1) is 24.7 Å². The van der Waals surface area contributed by atoms with E-state index in [9.17, 15) is 9.67 Å². The number of benzene rings is 1. The smallest absolute Gasteiger partial charge is 0.390 e. The molecule has 12 heteroatoms. The number of aliphatic hydroxyl groups is 1. The van der Waals surface area contributed by atoms with Crippen LogP contribution in [-0.2, 0) is 13.8 Å². The maximum Gasteiger partial charge on any atom is 0.469 e. The fraction of sp³-hybridized carbons (Fsp3) is 0.278. The minimum absolute atomic E-state index is 0.201. The van der Waals surface area contributed by atoms with Crippen LogP contribution in [0.3, 0.4) is 0 Å². The Morgan fingerprint density at radius 2 is 2.10 bits per heavy atom. The summed E-state index contributed by atoms with van der Waals surface area (Å²) in [6.07, 6.45) is 0.743. The number of rotatable bonds is 5. The third kappa shape index (κ3) is 3.52. The first kappa shape index (κ1) is 19.3. The second-order valence-electron chi connectivity index (χ2n) is 7.04. The van der Waals surface area contributed by atoms with E-state index in [1.807, 2.05) is 30.3 Å². The largest absolute Gasteiger partial charge is 0.469 e. The molecule has 3 atom stereocenters. The number of imidazole rings is 1. The second-order valence-corrected chi connectivity index (χ2v) is 8.27. The number of H-pyrrole nitrogens is 1. The SMILES string of the molecule is O=P(O)(O)OC[C@H]1O[C@@H](n2cnc3c(-c4cc5ccccc5[nH]4)ncnc32)C[C@@H]1O. The van der Waals surface area contributed by atoms with Crippen molar-refractivity contribution in [3.8, 4) is 11.4 Å². The summed E-state index contributed by atoms with van der Waals surface area (Å²) >= 11 is 0. The average Bonchev–Trinajstić information content (AvgIpc) is 3.41. The molecule has 11 nitrogen and oxygen atoms in total. The van der Waals surface area contributed by atoms with E-state index in [-0.39, 0.29) is 6.42 Å². The molecule has 0 bridgehead atoms. The molecule has 4 heterocycles. The highest BCUT2D eigenvalue weighted by molar-refractivity contribution is 7.46. The number of nitrogens with one attached hydrogen (secondary N) is 1. The molecule has 3 aromatic heterocycles. The minimum Gasteiger partial charge on any atom is -0.390 e. The molecule has 0 unspecified atom stereocenters. The summed E-state index contributed by atoms with van der Waals surface area (Å²) in [5, 5.41) is 11.3. The van der Waals surface area contributed by atoms with Crippen LogP contribution in [0.1, 0.15) is 12.6 Å². The number of nitrogens with zero attached hydrogens (tertiary/aromatic N) is 4. The normalized spacial score (nSPS) is 22.3. The molecular weight excluding hydrogens is 413 g/mol. The van der Waals surface area contributed by atoms with Crippen LogP contribution in [0, 0.1) is 0 Å². The van der Waals surface area contributed by atoms with Crippen molar-refractivity contribution in [2.75, 3.05) is 6.61 Å². The van der Waals surface area contributed by atoms with Crippen LogP contribution >= 0.6 is 7.82 Å². The number of ether oxygens (including phenoxy) is 1. The van der Waals surface area contributed by atoms with E-state index in [1.54, 1.807) is 10.9 Å². The van der Waals surface area contributed by atoms with Gasteiger partial charge in [0.1, 0.15) is 29.9 Å². The van der Waals surface area contributed by atoms with Crippen LogP contribution in [0.25, 0.3) is 33.5 Å². The Morgan fingerprint density at radius 3 is 2.90 bits per heavy atom. The van der Waals surface area contributed by atoms with Crippen LogP contribution in [0.5, 0.6) is 0 Å². The van der Waals surface area contributed by atoms with E-state index in [1.165, 1.54) is 6.33 Å². The van der Waals surface area contributed by atoms with Crippen LogP contribution < -0.4 is 0 Å². The lowest BCUT2D eigenvalue weighted by Crippen LogP contribution is -2.25. The van der Waals surface area contributed by atoms with E-state index < -0.39 is 32.9 Å². The zero-order valence-electron chi connectivity index (χ0n) is 15.5. The second kappa shape index (κ2) is 7.24. The summed E-state index contributed by atoms with van der Waals surface area (Å²) in [5.41, 5.74) is 3.50. The fourth-order valence-electron chi connectivity index (χ4n) is 3.67. The Labute approximate surface area is 169 Å². The summed E-state index contributed by atoms with van der Waals surface area (Å²) in [6.45, 7) is -0.427. The molecule has 1 aromatic carbocycles. The van der Waals surface area contributed by atoms with Gasteiger partial charge in [0.15, 0.2) is 5.65 Å². The first-order chi connectivity index (χ1) is 14.4. The molecular formula is C18H18N5O6P. The summed E-state index contributed by atoms with van der Waals surface area (Å²) < 4.78 is 22.8. The number of para-hydroxylation sites is 1. The molecule has 1 aliphatic heterocycles. The molecule has 30 heavy (non-hydrogen) atoms. The van der Waals surface area contributed by atoms with Crippen molar-refractivity contribution in [2.24, 2.45) is 0 Å². The standard InChI is InChI=1S/C18H18N5O6P/c24-13-6-15(29-14(13)7-28-30(25,26)27)23-9-21-17-16(19-8-20-18(17)23)12-5-10-3-1-2-4-11(10)22-12/h1-5,8-9,13-15,22,24H,6-7H2,(H2,25,26,27)/t13-,14+,15+/m0/s1. The minimum atomic E-state index is -4.65. The first-order valence-corrected chi connectivity index (χ1v) is 10.7. The van der Waals surface area contributed by atoms with Gasteiger partial charge in [-0.3, -0.25) is 9.09 Å². The molecule has 4 aromatic rings. The first-order valence-electron chi connectivity index (χ1n) is 9.18. The molecule has 156 valence electrons. The third-order valence-corrected chi connectivity index (χ3v) is 5.55. The van der Waals surface area contributed by atoms with Gasteiger partial charge in [0.2, 0.25) is 0 Å². The van der Waals surface area contributed by atoms with Gasteiger partial charge in [0, 0.05) is 17.3 Å². The summed E-state index contributed by atoms with van der Waals surface area (Å²) in [6, 6.07) is 9.87. The van der Waals surface area contributed by atoms with Crippen LogP contribution in [-0.4, -0.2) is 58.2 Å². The van der Waals surface area contributed by atoms with Crippen LogP contribution in [0.15, 0.2) is 43.0 Å². The van der Waals surface area contributed by atoms with Gasteiger partial charge in [-0.1, -0.05) is 18.2 Å². The van der Waals surface area contributed by atoms with E-state index >= 15 is 0 Å². The number of aliphatic hydroxyl groups excluding tert-OH is 1. The monoisotopic (exact) mass is 431 g/mol. The molecule has 0 radical (unpaired) electrons. The molecule has 0 spiro atoms. The predicted molar refractivity (Wildman–Crippen MR) is 105 cm³/mol. The van der Waals surface area contributed by atoms with Crippen molar-refractivity contribution in [1.29, 1.82) is 0 Å². The average molecular weight is 431 g/mol. The Kier molecular flexibility index (Phi) is 4.66. The van der Waals surface area contributed by atoms with Gasteiger partial charge in [-0.25, -0.2) is 19.5 Å². The molecule has 5 rings (SSSR count). The summed E-state index contributed by atoms with van der Waals surface area (Å²) in [5.74, 6) is 0. The van der Waals surface area contributed by atoms with E-state index in [0.29, 0.717) is 16.9 Å². The topological polar surface area (TPSA) is 156 Å². The lowest BCUT2D eigenvalue weighted by molar-refractivity contribution is -0.0424. The third-order valence-electron chi connectivity index (χ3n) is 5.07. The van der Waals surface area contributed by atoms with Crippen molar-refractivity contribution in [2.45, 2.75) is 24.9 Å². The summed E-state index contributed by atoms with van der Waals surface area (Å²) in [4.78, 5) is 34.2. The van der Waals surface area contributed by atoms with Crippen molar-refractivity contribution in [3.63, 3.8) is 0 Å². The van der Waals surface area contributed by atoms with Crippen molar-refractivity contribution in [3.05, 3.63) is 43.0 Å². The lowest BCUT2D eigenvalue weighted by atomic mass is 10.2. The van der Waals surface area contributed by atoms with E-state index in [0.717, 1.165) is 16.6 Å². The Morgan fingerprint density at radius 1 is 1.27 bits per heavy atom. The number of phosphoric ester groups is 1. The molecule has 0 amide bonds. The maximum absolute atomic E-state index is 10.9. The van der Waals surface area contributed by atoms with Gasteiger partial charge >= 0.3 is 7.82 Å². The lowest BCUT2D eigenvalue weighted by Gasteiger charge is -2.16. The van der Waals surface area contributed by atoms with Crippen LogP contribution in [0.2, 0.25) is 0 Å². The van der Waals surface area contributed by atoms with E-state index in [2.05, 4.69) is 24.5 Å². The molecule has 0 aliphatic carbocycles. The van der Waals surface area contributed by atoms with Gasteiger partial charge in [-0.2, -0.15) is 0 Å². The zero-order chi connectivity index (χ0) is 20.9. The highest BCUT2D eigenvalue weighted by atomic mass is 31.2. The number of aromatic nitrogens is 5. The highest BCUT2D eigenvalue weighted by Gasteiger charge is 2.37. The highest BCUT2D eigenvalue weighted by Crippen LogP contribution is 2.39. The number of hydrogen-bond donors (Lipinski definition) is 4. The van der Waals surface area contributed by atoms with Crippen molar-refractivity contribution in [1.82, 2.24) is 24.5 Å². The molecule has 1 saturated heterocycles. The predicted octanol–water partition coefficient (Wildman–Crippen LogP) is 1.73. The molecule has 1 fully saturated rings. The van der Waals surface area contributed by atoms with E-state index in [4.69, 9.17) is 14.5 Å². The van der Waals surface area contributed by atoms with Gasteiger partial charge in [-0.15, -0.1) is 0 Å².